The van der Waals surface area contributed by atoms with Crippen LogP contribution < -0.4 is 4.74 Å². The van der Waals surface area contributed by atoms with E-state index in [1.165, 1.54) is 6.07 Å². The number of rotatable bonds is 5. The molecule has 0 unspecified atom stereocenters. The highest BCUT2D eigenvalue weighted by Crippen LogP contribution is 2.23. The number of carbonyl (C=O) groups excluding carboxylic acids is 1. The van der Waals surface area contributed by atoms with E-state index >= 15 is 0 Å². The number of amides is 1. The minimum Gasteiger partial charge on any atom is -0.491 e. The molecule has 0 N–H and O–H groups in total. The lowest BCUT2D eigenvalue weighted by atomic mass is 10.1. The molecule has 0 aliphatic carbocycles. The van der Waals surface area contributed by atoms with Crippen molar-refractivity contribution in [3.8, 4) is 5.75 Å². The van der Waals surface area contributed by atoms with Crippen LogP contribution in [0.4, 0.5) is 4.39 Å². The van der Waals surface area contributed by atoms with Crippen molar-refractivity contribution in [3.05, 3.63) is 63.3 Å². The number of nitrogens with zero attached hydrogens (tertiary/aromatic N) is 2. The molecule has 4 nitrogen and oxygen atoms in total. The second-order valence-electron chi connectivity index (χ2n) is 6.04. The number of benzene rings is 2. The van der Waals surface area contributed by atoms with Crippen molar-refractivity contribution in [2.45, 2.75) is 0 Å². The van der Waals surface area contributed by atoms with Crippen LogP contribution in [0.3, 0.4) is 0 Å². The van der Waals surface area contributed by atoms with Crippen LogP contribution in [0.25, 0.3) is 0 Å². The minimum absolute atomic E-state index is 0.136. The standard InChI is InChI=1S/C19H19BrClFN2O2/c20-15-6-5-14(13-17(15)22)19(25)24-9-7-23(8-10-24)11-12-26-18-4-2-1-3-16(18)21/h1-6,13H,7-12H2. The molecule has 1 aliphatic rings. The van der Waals surface area contributed by atoms with Gasteiger partial charge in [-0.2, -0.15) is 0 Å². The first-order chi connectivity index (χ1) is 12.5. The van der Waals surface area contributed by atoms with E-state index < -0.39 is 5.82 Å². The van der Waals surface area contributed by atoms with Crippen LogP contribution in [0.1, 0.15) is 10.4 Å². The van der Waals surface area contributed by atoms with E-state index in [-0.39, 0.29) is 5.91 Å². The lowest BCUT2D eigenvalue weighted by molar-refractivity contribution is 0.0620. The van der Waals surface area contributed by atoms with E-state index in [2.05, 4.69) is 20.8 Å². The Morgan fingerprint density at radius 2 is 1.88 bits per heavy atom. The molecule has 2 aromatic rings. The number of piperazine rings is 1. The van der Waals surface area contributed by atoms with Gasteiger partial charge in [0.25, 0.3) is 5.91 Å². The molecule has 0 radical (unpaired) electrons. The SMILES string of the molecule is O=C(c1ccc(Br)c(F)c1)N1CCN(CCOc2ccccc2Cl)CC1. The number of ether oxygens (including phenoxy) is 1. The van der Waals surface area contributed by atoms with E-state index in [4.69, 9.17) is 16.3 Å². The van der Waals surface area contributed by atoms with Gasteiger partial charge in [-0.25, -0.2) is 4.39 Å². The van der Waals surface area contributed by atoms with Gasteiger partial charge in [-0.15, -0.1) is 0 Å². The average Bonchev–Trinajstić information content (AvgIpc) is 2.65. The lowest BCUT2D eigenvalue weighted by Gasteiger charge is -2.34. The van der Waals surface area contributed by atoms with Crippen LogP contribution in [0.15, 0.2) is 46.9 Å². The van der Waals surface area contributed by atoms with Crippen molar-refractivity contribution in [3.63, 3.8) is 0 Å². The van der Waals surface area contributed by atoms with E-state index in [0.29, 0.717) is 40.5 Å². The largest absolute Gasteiger partial charge is 0.491 e. The quantitative estimate of drug-likeness (QED) is 0.701. The number of hydrogen-bond acceptors (Lipinski definition) is 3. The zero-order valence-corrected chi connectivity index (χ0v) is 16.5. The predicted octanol–water partition coefficient (Wildman–Crippen LogP) is 4.08. The van der Waals surface area contributed by atoms with Gasteiger partial charge in [0.1, 0.15) is 18.2 Å². The minimum atomic E-state index is -0.425. The average molecular weight is 442 g/mol. The van der Waals surface area contributed by atoms with Gasteiger partial charge in [0.15, 0.2) is 0 Å². The summed E-state index contributed by atoms with van der Waals surface area (Å²) in [5.74, 6) is 0.120. The van der Waals surface area contributed by atoms with E-state index in [1.807, 2.05) is 18.2 Å². The molecule has 1 saturated heterocycles. The molecule has 26 heavy (non-hydrogen) atoms. The smallest absolute Gasteiger partial charge is 0.254 e. The van der Waals surface area contributed by atoms with Gasteiger partial charge in [0.05, 0.1) is 9.50 Å². The van der Waals surface area contributed by atoms with Gasteiger partial charge < -0.3 is 9.64 Å². The Morgan fingerprint density at radius 3 is 2.58 bits per heavy atom. The maximum Gasteiger partial charge on any atom is 0.254 e. The second kappa shape index (κ2) is 8.84. The molecule has 1 amide bonds. The molecule has 3 rings (SSSR count). The first kappa shape index (κ1) is 19.1. The summed E-state index contributed by atoms with van der Waals surface area (Å²) in [7, 11) is 0. The van der Waals surface area contributed by atoms with Crippen LogP contribution in [0.5, 0.6) is 5.75 Å². The Labute approximate surface area is 165 Å². The molecule has 1 aliphatic heterocycles. The third kappa shape index (κ3) is 4.75. The zero-order valence-electron chi connectivity index (χ0n) is 14.1. The summed E-state index contributed by atoms with van der Waals surface area (Å²) in [5, 5.41) is 0.602. The van der Waals surface area contributed by atoms with Crippen LogP contribution in [0.2, 0.25) is 5.02 Å². The summed E-state index contributed by atoms with van der Waals surface area (Å²) in [4.78, 5) is 16.5. The van der Waals surface area contributed by atoms with Crippen LogP contribution >= 0.6 is 27.5 Å². The molecule has 138 valence electrons. The van der Waals surface area contributed by atoms with Gasteiger partial charge in [-0.3, -0.25) is 9.69 Å². The van der Waals surface area contributed by atoms with Gasteiger partial charge in [0.2, 0.25) is 0 Å². The maximum absolute atomic E-state index is 13.6. The van der Waals surface area contributed by atoms with Crippen LogP contribution in [0, 0.1) is 5.82 Å². The Balaban J connectivity index is 1.46. The summed E-state index contributed by atoms with van der Waals surface area (Å²) in [6, 6.07) is 11.9. The number of carbonyl (C=O) groups is 1. The molecular formula is C19H19BrClFN2O2. The number of halogens is 3. The third-order valence-corrected chi connectivity index (χ3v) is 5.28. The first-order valence-electron chi connectivity index (χ1n) is 8.38. The molecule has 0 bridgehead atoms. The highest BCUT2D eigenvalue weighted by atomic mass is 79.9. The Morgan fingerprint density at radius 1 is 1.15 bits per heavy atom. The first-order valence-corrected chi connectivity index (χ1v) is 9.55. The third-order valence-electron chi connectivity index (χ3n) is 4.33. The molecule has 0 spiro atoms. The fourth-order valence-electron chi connectivity index (χ4n) is 2.83. The number of hydrogen-bond donors (Lipinski definition) is 0. The van der Waals surface area contributed by atoms with E-state index in [1.54, 1.807) is 23.1 Å². The predicted molar refractivity (Wildman–Crippen MR) is 103 cm³/mol. The molecule has 0 aromatic heterocycles. The highest BCUT2D eigenvalue weighted by Gasteiger charge is 2.22. The monoisotopic (exact) mass is 440 g/mol. The summed E-state index contributed by atoms with van der Waals surface area (Å²) < 4.78 is 19.7. The summed E-state index contributed by atoms with van der Waals surface area (Å²) in [6.45, 7) is 4.05. The molecular weight excluding hydrogens is 423 g/mol. The van der Waals surface area contributed by atoms with Gasteiger partial charge in [0, 0.05) is 38.3 Å². The van der Waals surface area contributed by atoms with Gasteiger partial charge in [-0.05, 0) is 46.3 Å². The maximum atomic E-state index is 13.6. The van der Waals surface area contributed by atoms with Crippen molar-refractivity contribution in [2.24, 2.45) is 0 Å². The van der Waals surface area contributed by atoms with Crippen molar-refractivity contribution >= 4 is 33.4 Å². The van der Waals surface area contributed by atoms with Crippen molar-refractivity contribution in [1.29, 1.82) is 0 Å². The lowest BCUT2D eigenvalue weighted by Crippen LogP contribution is -2.49. The molecule has 0 atom stereocenters. The zero-order chi connectivity index (χ0) is 18.5. The Kier molecular flexibility index (Phi) is 6.51. The van der Waals surface area contributed by atoms with Crippen molar-refractivity contribution < 1.29 is 13.9 Å². The fraction of sp³-hybridized carbons (Fsp3) is 0.316. The molecule has 1 fully saturated rings. The molecule has 2 aromatic carbocycles. The summed E-state index contributed by atoms with van der Waals surface area (Å²) >= 11 is 9.17. The van der Waals surface area contributed by atoms with Gasteiger partial charge in [-0.1, -0.05) is 23.7 Å². The van der Waals surface area contributed by atoms with Crippen molar-refractivity contribution in [1.82, 2.24) is 9.80 Å². The second-order valence-corrected chi connectivity index (χ2v) is 7.30. The summed E-state index contributed by atoms with van der Waals surface area (Å²) in [5.41, 5.74) is 0.376. The van der Waals surface area contributed by atoms with Crippen LogP contribution in [-0.4, -0.2) is 55.0 Å². The Hall–Kier alpha value is -1.63. The molecule has 7 heteroatoms. The highest BCUT2D eigenvalue weighted by molar-refractivity contribution is 9.10. The van der Waals surface area contributed by atoms with Crippen molar-refractivity contribution in [2.75, 3.05) is 39.3 Å². The fourth-order valence-corrected chi connectivity index (χ4v) is 3.27. The van der Waals surface area contributed by atoms with E-state index in [0.717, 1.165) is 19.6 Å². The Bertz CT molecular complexity index is 782. The van der Waals surface area contributed by atoms with Gasteiger partial charge >= 0.3 is 0 Å². The molecule has 1 heterocycles. The normalized spacial score (nSPS) is 15.1. The summed E-state index contributed by atoms with van der Waals surface area (Å²) in [6.07, 6.45) is 0. The topological polar surface area (TPSA) is 32.8 Å². The van der Waals surface area contributed by atoms with Crippen LogP contribution in [-0.2, 0) is 0 Å². The van der Waals surface area contributed by atoms with E-state index in [9.17, 15) is 9.18 Å². The number of para-hydroxylation sites is 1. The molecule has 0 saturated carbocycles.